The molecular formula is C24H34O. The molecule has 0 amide bonds. The molecule has 1 heteroatoms. The first kappa shape index (κ1) is 17.4. The summed E-state index contributed by atoms with van der Waals surface area (Å²) in [7, 11) is 0. The molecule has 0 spiro atoms. The predicted molar refractivity (Wildman–Crippen MR) is 103 cm³/mol. The summed E-state index contributed by atoms with van der Waals surface area (Å²) < 4.78 is 0. The van der Waals surface area contributed by atoms with Gasteiger partial charge in [0.15, 0.2) is 5.78 Å². The second-order valence-corrected chi connectivity index (χ2v) is 9.77. The van der Waals surface area contributed by atoms with Gasteiger partial charge in [0.2, 0.25) is 0 Å². The highest BCUT2D eigenvalue weighted by Crippen LogP contribution is 2.67. The molecule has 0 saturated heterocycles. The molecule has 0 bridgehead atoms. The van der Waals surface area contributed by atoms with E-state index in [0.717, 1.165) is 30.6 Å². The predicted octanol–water partition coefficient (Wildman–Crippen LogP) is 5.79. The van der Waals surface area contributed by atoms with Gasteiger partial charge in [0.1, 0.15) is 0 Å². The van der Waals surface area contributed by atoms with E-state index in [0.29, 0.717) is 23.0 Å². The van der Waals surface area contributed by atoms with Crippen LogP contribution in [0.1, 0.15) is 79.1 Å². The summed E-state index contributed by atoms with van der Waals surface area (Å²) in [5, 5.41) is 0. The van der Waals surface area contributed by atoms with Crippen LogP contribution in [0.25, 0.3) is 0 Å². The lowest BCUT2D eigenvalue weighted by atomic mass is 9.45. The maximum atomic E-state index is 12.1. The highest BCUT2D eigenvalue weighted by atomic mass is 16.1. The van der Waals surface area contributed by atoms with Gasteiger partial charge in [-0.3, -0.25) is 4.79 Å². The van der Waals surface area contributed by atoms with Crippen molar-refractivity contribution in [3.8, 4) is 11.8 Å². The van der Waals surface area contributed by atoms with E-state index < -0.39 is 0 Å². The normalized spacial score (nSPS) is 48.6. The Hall–Kier alpha value is -1.03. The van der Waals surface area contributed by atoms with Crippen molar-refractivity contribution < 1.29 is 4.79 Å². The van der Waals surface area contributed by atoms with Crippen molar-refractivity contribution in [1.82, 2.24) is 0 Å². The van der Waals surface area contributed by atoms with Crippen molar-refractivity contribution in [2.75, 3.05) is 0 Å². The van der Waals surface area contributed by atoms with Gasteiger partial charge in [-0.15, -0.1) is 5.92 Å². The Morgan fingerprint density at radius 3 is 2.68 bits per heavy atom. The van der Waals surface area contributed by atoms with E-state index in [4.69, 9.17) is 0 Å². The highest BCUT2D eigenvalue weighted by Gasteiger charge is 2.60. The number of rotatable bonds is 1. The van der Waals surface area contributed by atoms with Crippen molar-refractivity contribution in [2.24, 2.45) is 40.4 Å². The van der Waals surface area contributed by atoms with Crippen LogP contribution in [0.4, 0.5) is 0 Å². The minimum Gasteiger partial charge on any atom is -0.295 e. The molecule has 0 N–H and O–H groups in total. The third kappa shape index (κ3) is 2.39. The van der Waals surface area contributed by atoms with Crippen LogP contribution in [0.3, 0.4) is 0 Å². The molecule has 0 radical (unpaired) electrons. The first-order valence-electron chi connectivity index (χ1n) is 10.6. The van der Waals surface area contributed by atoms with Gasteiger partial charge in [0, 0.05) is 12.3 Å². The summed E-state index contributed by atoms with van der Waals surface area (Å²) >= 11 is 0. The summed E-state index contributed by atoms with van der Waals surface area (Å²) in [4.78, 5) is 12.1. The van der Waals surface area contributed by atoms with Crippen LogP contribution in [-0.4, -0.2) is 5.78 Å². The van der Waals surface area contributed by atoms with Crippen LogP contribution in [-0.2, 0) is 4.79 Å². The lowest BCUT2D eigenvalue weighted by Crippen LogP contribution is -2.52. The largest absolute Gasteiger partial charge is 0.295 e. The Balaban J connectivity index is 1.72. The second kappa shape index (κ2) is 6.00. The van der Waals surface area contributed by atoms with Crippen molar-refractivity contribution in [3.05, 3.63) is 11.6 Å². The average Bonchev–Trinajstić information content (AvgIpc) is 2.92. The van der Waals surface area contributed by atoms with Crippen molar-refractivity contribution in [3.63, 3.8) is 0 Å². The highest BCUT2D eigenvalue weighted by molar-refractivity contribution is 5.91. The molecular weight excluding hydrogens is 304 g/mol. The molecule has 25 heavy (non-hydrogen) atoms. The summed E-state index contributed by atoms with van der Waals surface area (Å²) in [6, 6.07) is 0. The Bertz CT molecular complexity index is 661. The molecule has 7 unspecified atom stereocenters. The summed E-state index contributed by atoms with van der Waals surface area (Å²) in [6.07, 6.45) is 11.8. The zero-order valence-corrected chi connectivity index (χ0v) is 16.5. The van der Waals surface area contributed by atoms with Gasteiger partial charge >= 0.3 is 0 Å². The van der Waals surface area contributed by atoms with Crippen LogP contribution < -0.4 is 0 Å². The topological polar surface area (TPSA) is 17.1 Å². The number of fused-ring (bicyclic) bond motifs is 5. The number of carbonyl (C=O) groups excluding carboxylic acids is 1. The van der Waals surface area contributed by atoms with Gasteiger partial charge in [-0.2, -0.15) is 0 Å². The van der Waals surface area contributed by atoms with Gasteiger partial charge in [-0.05, 0) is 92.4 Å². The molecule has 0 aromatic heterocycles. The minimum absolute atomic E-state index is 0.285. The van der Waals surface area contributed by atoms with Crippen LogP contribution in [0.15, 0.2) is 11.6 Å². The fraction of sp³-hybridized carbons (Fsp3) is 0.792. The molecule has 0 aliphatic heterocycles. The third-order valence-corrected chi connectivity index (χ3v) is 8.93. The molecule has 0 aromatic carbocycles. The fourth-order valence-corrected chi connectivity index (χ4v) is 7.58. The molecule has 4 aliphatic rings. The van der Waals surface area contributed by atoms with Gasteiger partial charge in [0.05, 0.1) is 0 Å². The Morgan fingerprint density at radius 2 is 1.96 bits per heavy atom. The summed E-state index contributed by atoms with van der Waals surface area (Å²) in [6.45, 7) is 9.39. The first-order valence-corrected chi connectivity index (χ1v) is 10.6. The molecule has 3 fully saturated rings. The SMILES string of the molecule is CC#CC1CCC2C3CC(CC)C4=CC(=O)CCC4(C)C3CCC12C. The number of allylic oxidation sites excluding steroid dienone is 1. The Morgan fingerprint density at radius 1 is 1.16 bits per heavy atom. The zero-order valence-electron chi connectivity index (χ0n) is 16.5. The van der Waals surface area contributed by atoms with Gasteiger partial charge in [0.25, 0.3) is 0 Å². The van der Waals surface area contributed by atoms with Gasteiger partial charge in [-0.25, -0.2) is 0 Å². The molecule has 4 aliphatic carbocycles. The average molecular weight is 339 g/mol. The summed E-state index contributed by atoms with van der Waals surface area (Å²) in [5.41, 5.74) is 2.25. The van der Waals surface area contributed by atoms with Crippen molar-refractivity contribution >= 4 is 5.78 Å². The minimum atomic E-state index is 0.285. The van der Waals surface area contributed by atoms with Crippen LogP contribution in [0, 0.1) is 52.3 Å². The van der Waals surface area contributed by atoms with Crippen molar-refractivity contribution in [1.29, 1.82) is 0 Å². The zero-order chi connectivity index (χ0) is 17.8. The molecule has 4 rings (SSSR count). The number of hydrogen-bond acceptors (Lipinski definition) is 1. The second-order valence-electron chi connectivity index (χ2n) is 9.77. The first-order chi connectivity index (χ1) is 11.9. The van der Waals surface area contributed by atoms with E-state index in [9.17, 15) is 4.79 Å². The Kier molecular flexibility index (Phi) is 4.18. The lowest BCUT2D eigenvalue weighted by Gasteiger charge is -2.59. The van der Waals surface area contributed by atoms with Crippen LogP contribution in [0.5, 0.6) is 0 Å². The molecule has 1 nitrogen and oxygen atoms in total. The molecule has 0 aromatic rings. The van der Waals surface area contributed by atoms with E-state index in [-0.39, 0.29) is 5.41 Å². The molecule has 7 atom stereocenters. The smallest absolute Gasteiger partial charge is 0.155 e. The fourth-order valence-electron chi connectivity index (χ4n) is 7.58. The van der Waals surface area contributed by atoms with E-state index in [1.165, 1.54) is 44.1 Å². The van der Waals surface area contributed by atoms with Crippen LogP contribution >= 0.6 is 0 Å². The number of hydrogen-bond donors (Lipinski definition) is 0. The monoisotopic (exact) mass is 338 g/mol. The maximum Gasteiger partial charge on any atom is 0.155 e. The quantitative estimate of drug-likeness (QED) is 0.553. The van der Waals surface area contributed by atoms with E-state index in [1.54, 1.807) is 0 Å². The van der Waals surface area contributed by atoms with Crippen LogP contribution in [0.2, 0.25) is 0 Å². The third-order valence-electron chi connectivity index (χ3n) is 8.93. The van der Waals surface area contributed by atoms with Crippen molar-refractivity contribution in [2.45, 2.75) is 79.1 Å². The van der Waals surface area contributed by atoms with Gasteiger partial charge < -0.3 is 0 Å². The lowest BCUT2D eigenvalue weighted by molar-refractivity contribution is -0.118. The molecule has 136 valence electrons. The molecule has 0 heterocycles. The van der Waals surface area contributed by atoms with Gasteiger partial charge in [-0.1, -0.05) is 32.3 Å². The summed E-state index contributed by atoms with van der Waals surface area (Å²) in [5.74, 6) is 10.9. The molecule has 3 saturated carbocycles. The number of ketones is 1. The van der Waals surface area contributed by atoms with E-state index >= 15 is 0 Å². The standard InChI is InChI=1S/C24H34O/c1-5-7-17-8-9-20-19-14-16(6-2)22-15-18(25)10-12-24(22,4)21(19)11-13-23(17,20)3/h15-17,19-21H,6,8-14H2,1-4H3. The maximum absolute atomic E-state index is 12.1. The van der Waals surface area contributed by atoms with E-state index in [1.807, 2.05) is 6.92 Å². The van der Waals surface area contributed by atoms with E-state index in [2.05, 4.69) is 38.7 Å². The Labute approximate surface area is 154 Å². The number of carbonyl (C=O) groups is 1.